The van der Waals surface area contributed by atoms with E-state index in [-0.39, 0.29) is 0 Å². The molecule has 0 atom stereocenters. The molecule has 0 bridgehead atoms. The second-order valence-electron chi connectivity index (χ2n) is 1.12. The zero-order valence-electron chi connectivity index (χ0n) is 3.65. The summed E-state index contributed by atoms with van der Waals surface area (Å²) in [4.78, 5) is 0. The summed E-state index contributed by atoms with van der Waals surface area (Å²) in [7, 11) is 0. The molecule has 0 heterocycles. The second-order valence-corrected chi connectivity index (χ2v) is 2.20. The van der Waals surface area contributed by atoms with Gasteiger partial charge < -0.3 is 5.11 Å². The van der Waals surface area contributed by atoms with Crippen LogP contribution in [0.15, 0.2) is 0 Å². The van der Waals surface area contributed by atoms with Gasteiger partial charge in [0, 0.05) is 6.61 Å². The van der Waals surface area contributed by atoms with Crippen LogP contribution >= 0.6 is 22.6 Å². The smallest absolute Gasteiger partial charge is 0.0431 e. The number of hydrogen-bond donors (Lipinski definition) is 1. The number of unbranched alkanes of at least 4 members (excludes halogenated alkanes) is 1. The Morgan fingerprint density at radius 2 is 2.00 bits per heavy atom. The Hall–Kier alpha value is 0.690. The van der Waals surface area contributed by atoms with E-state index in [4.69, 9.17) is 5.11 Å². The summed E-state index contributed by atoms with van der Waals surface area (Å²) >= 11 is 2.30. The van der Waals surface area contributed by atoms with Crippen LogP contribution in [0.5, 0.6) is 0 Å². The molecule has 0 aliphatic rings. The second kappa shape index (κ2) is 5.69. The lowest BCUT2D eigenvalue weighted by Crippen LogP contribution is -1.80. The molecule has 0 aromatic rings. The van der Waals surface area contributed by atoms with Crippen molar-refractivity contribution in [2.24, 2.45) is 0 Å². The lowest BCUT2D eigenvalue weighted by atomic mass is 10.4. The van der Waals surface area contributed by atoms with Gasteiger partial charge in [-0.15, -0.1) is 0 Å². The van der Waals surface area contributed by atoms with Crippen LogP contribution in [0.3, 0.4) is 0 Å². The zero-order valence-corrected chi connectivity index (χ0v) is 5.81. The first-order valence-electron chi connectivity index (χ1n) is 2.08. The molecule has 0 amide bonds. The van der Waals surface area contributed by atoms with Crippen LogP contribution in [-0.2, 0) is 0 Å². The van der Waals surface area contributed by atoms with Gasteiger partial charge in [0.25, 0.3) is 0 Å². The first kappa shape index (κ1) is 6.69. The fourth-order valence-corrected chi connectivity index (χ4v) is 0.746. The van der Waals surface area contributed by atoms with Crippen molar-refractivity contribution in [3.05, 3.63) is 0 Å². The maximum absolute atomic E-state index is 8.19. The summed E-state index contributed by atoms with van der Waals surface area (Å²) in [5, 5.41) is 8.19. The fourth-order valence-electron chi connectivity index (χ4n) is 0.206. The van der Waals surface area contributed by atoms with Crippen LogP contribution < -0.4 is 0 Å². The summed E-state index contributed by atoms with van der Waals surface area (Å²) in [6.07, 6.45) is 2.11. The molecule has 0 saturated heterocycles. The SMILES string of the molecule is OCCCCI. The largest absolute Gasteiger partial charge is 0.396 e. The maximum Gasteiger partial charge on any atom is 0.0431 e. The number of alkyl halides is 1. The van der Waals surface area contributed by atoms with E-state index >= 15 is 0 Å². The number of hydrogen-bond acceptors (Lipinski definition) is 1. The molecular formula is C4H9IO. The average Bonchev–Trinajstić information content (AvgIpc) is 1.61. The molecular weight excluding hydrogens is 191 g/mol. The van der Waals surface area contributed by atoms with E-state index in [1.54, 1.807) is 0 Å². The molecule has 0 rings (SSSR count). The molecule has 1 nitrogen and oxygen atoms in total. The topological polar surface area (TPSA) is 20.2 Å². The third-order valence-corrected chi connectivity index (χ3v) is 1.30. The van der Waals surface area contributed by atoms with Crippen molar-refractivity contribution in [2.45, 2.75) is 12.8 Å². The highest BCUT2D eigenvalue weighted by Crippen LogP contribution is 1.91. The van der Waals surface area contributed by atoms with E-state index in [1.165, 1.54) is 4.43 Å². The van der Waals surface area contributed by atoms with Crippen molar-refractivity contribution in [1.82, 2.24) is 0 Å². The van der Waals surface area contributed by atoms with Crippen molar-refractivity contribution >= 4 is 22.6 Å². The average molecular weight is 200 g/mol. The summed E-state index contributed by atoms with van der Waals surface area (Å²) < 4.78 is 1.16. The Morgan fingerprint density at radius 3 is 2.17 bits per heavy atom. The van der Waals surface area contributed by atoms with Crippen LogP contribution in [-0.4, -0.2) is 16.1 Å². The predicted molar refractivity (Wildman–Crippen MR) is 35.2 cm³/mol. The first-order chi connectivity index (χ1) is 2.91. The van der Waals surface area contributed by atoms with Crippen molar-refractivity contribution < 1.29 is 5.11 Å². The Bertz CT molecular complexity index is 19.5. The van der Waals surface area contributed by atoms with Crippen LogP contribution in [0.25, 0.3) is 0 Å². The molecule has 0 aromatic heterocycles. The lowest BCUT2D eigenvalue weighted by molar-refractivity contribution is 0.288. The predicted octanol–water partition coefficient (Wildman–Crippen LogP) is 1.19. The molecule has 38 valence electrons. The van der Waals surface area contributed by atoms with Gasteiger partial charge in [-0.2, -0.15) is 0 Å². The molecule has 0 fully saturated rings. The Morgan fingerprint density at radius 1 is 1.33 bits per heavy atom. The summed E-state index contributed by atoms with van der Waals surface area (Å²) in [5.74, 6) is 0. The molecule has 0 aliphatic heterocycles. The van der Waals surface area contributed by atoms with E-state index in [9.17, 15) is 0 Å². The summed E-state index contributed by atoms with van der Waals surface area (Å²) in [6.45, 7) is 0.350. The number of rotatable bonds is 3. The summed E-state index contributed by atoms with van der Waals surface area (Å²) in [6, 6.07) is 0. The molecule has 6 heavy (non-hydrogen) atoms. The van der Waals surface area contributed by atoms with Gasteiger partial charge in [-0.1, -0.05) is 22.6 Å². The Balaban J connectivity index is 2.34. The maximum atomic E-state index is 8.19. The minimum atomic E-state index is 0.350. The van der Waals surface area contributed by atoms with Crippen molar-refractivity contribution in [2.75, 3.05) is 11.0 Å². The molecule has 0 spiro atoms. The van der Waals surface area contributed by atoms with E-state index in [0.29, 0.717) is 6.61 Å². The molecule has 0 unspecified atom stereocenters. The third kappa shape index (κ3) is 4.69. The van der Waals surface area contributed by atoms with Crippen molar-refractivity contribution in [3.8, 4) is 0 Å². The number of halogens is 1. The molecule has 1 N–H and O–H groups in total. The van der Waals surface area contributed by atoms with Crippen molar-refractivity contribution in [1.29, 1.82) is 0 Å². The van der Waals surface area contributed by atoms with E-state index in [0.717, 1.165) is 12.8 Å². The monoisotopic (exact) mass is 200 g/mol. The van der Waals surface area contributed by atoms with Gasteiger partial charge in [0.15, 0.2) is 0 Å². The molecule has 0 aliphatic carbocycles. The van der Waals surface area contributed by atoms with Gasteiger partial charge in [0.1, 0.15) is 0 Å². The quantitative estimate of drug-likeness (QED) is 0.412. The van der Waals surface area contributed by atoms with E-state index in [1.807, 2.05) is 0 Å². The lowest BCUT2D eigenvalue weighted by Gasteiger charge is -1.84. The minimum absolute atomic E-state index is 0.350. The highest BCUT2D eigenvalue weighted by atomic mass is 127. The van der Waals surface area contributed by atoms with Crippen LogP contribution in [0.1, 0.15) is 12.8 Å². The van der Waals surface area contributed by atoms with Crippen molar-refractivity contribution in [3.63, 3.8) is 0 Å². The van der Waals surface area contributed by atoms with Gasteiger partial charge >= 0.3 is 0 Å². The Labute approximate surface area is 51.9 Å². The molecule has 2 heteroatoms. The number of aliphatic hydroxyl groups is 1. The van der Waals surface area contributed by atoms with Gasteiger partial charge in [-0.25, -0.2) is 0 Å². The minimum Gasteiger partial charge on any atom is -0.396 e. The van der Waals surface area contributed by atoms with Crippen LogP contribution in [0.2, 0.25) is 0 Å². The van der Waals surface area contributed by atoms with Gasteiger partial charge in [0.05, 0.1) is 0 Å². The van der Waals surface area contributed by atoms with Gasteiger partial charge in [-0.05, 0) is 17.3 Å². The standard InChI is InChI=1S/C4H9IO/c5-3-1-2-4-6/h6H,1-4H2. The van der Waals surface area contributed by atoms with Gasteiger partial charge in [0.2, 0.25) is 0 Å². The molecule has 0 saturated carbocycles. The molecule has 0 radical (unpaired) electrons. The first-order valence-corrected chi connectivity index (χ1v) is 3.61. The number of aliphatic hydroxyl groups excluding tert-OH is 1. The van der Waals surface area contributed by atoms with Gasteiger partial charge in [-0.3, -0.25) is 0 Å². The normalized spacial score (nSPS) is 9.00. The Kier molecular flexibility index (Phi) is 6.34. The highest BCUT2D eigenvalue weighted by molar-refractivity contribution is 14.1. The van der Waals surface area contributed by atoms with E-state index < -0.39 is 0 Å². The fraction of sp³-hybridized carbons (Fsp3) is 1.00. The van der Waals surface area contributed by atoms with Crippen LogP contribution in [0, 0.1) is 0 Å². The zero-order chi connectivity index (χ0) is 4.83. The third-order valence-electron chi connectivity index (χ3n) is 0.542. The summed E-state index contributed by atoms with van der Waals surface area (Å²) in [5.41, 5.74) is 0. The molecule has 0 aromatic carbocycles. The van der Waals surface area contributed by atoms with Crippen LogP contribution in [0.4, 0.5) is 0 Å². The van der Waals surface area contributed by atoms with E-state index in [2.05, 4.69) is 22.6 Å². The highest BCUT2D eigenvalue weighted by Gasteiger charge is 1.77.